The average molecular weight is 436 g/mol. The van der Waals surface area contributed by atoms with Crippen molar-refractivity contribution in [1.82, 2.24) is 0 Å². The maximum Gasteiger partial charge on any atom is 0.264 e. The van der Waals surface area contributed by atoms with Crippen LogP contribution < -0.4 is 4.31 Å². The van der Waals surface area contributed by atoms with Gasteiger partial charge in [-0.3, -0.25) is 9.10 Å². The highest BCUT2D eigenvalue weighted by atomic mass is 32.2. The molecule has 0 saturated heterocycles. The summed E-state index contributed by atoms with van der Waals surface area (Å²) in [6.45, 7) is 5.77. The van der Waals surface area contributed by atoms with E-state index in [0.29, 0.717) is 28.2 Å². The summed E-state index contributed by atoms with van der Waals surface area (Å²) >= 11 is 0. The Morgan fingerprint density at radius 2 is 1.42 bits per heavy atom. The van der Waals surface area contributed by atoms with Gasteiger partial charge in [0.05, 0.1) is 16.1 Å². The third kappa shape index (κ3) is 4.25. The number of furan rings is 1. The second kappa shape index (κ2) is 9.18. The normalized spacial score (nSPS) is 11.0. The van der Waals surface area contributed by atoms with Crippen LogP contribution >= 0.6 is 0 Å². The van der Waals surface area contributed by atoms with Gasteiger partial charge in [-0.25, -0.2) is 8.42 Å². The van der Waals surface area contributed by atoms with Gasteiger partial charge in [0.25, 0.3) is 10.0 Å². The number of aryl methyl sites for hydroxylation is 1. The third-order valence-corrected chi connectivity index (χ3v) is 6.69. The van der Waals surface area contributed by atoms with Gasteiger partial charge < -0.3 is 4.42 Å². The Morgan fingerprint density at radius 3 is 2.06 bits per heavy atom. The summed E-state index contributed by atoms with van der Waals surface area (Å²) in [4.78, 5) is 13.3. The zero-order chi connectivity index (χ0) is 22.6. The molecule has 0 fully saturated rings. The standard InChI is InChI=1S/C23H19NO4S.C2H6/c1-16-22(20-10-6-7-11-21(20)28-16)23(25)17-12-14-18(15-13-17)24(2)29(26,27)19-8-4-3-5-9-19;1-2/h3-15H,1-2H3;1-2H3. The van der Waals surface area contributed by atoms with Crippen molar-refractivity contribution in [1.29, 1.82) is 0 Å². The number of carbonyl (C=O) groups is 1. The highest BCUT2D eigenvalue weighted by molar-refractivity contribution is 7.92. The maximum absolute atomic E-state index is 13.0. The van der Waals surface area contributed by atoms with Gasteiger partial charge in [0.2, 0.25) is 0 Å². The molecule has 0 N–H and O–H groups in total. The van der Waals surface area contributed by atoms with E-state index in [-0.39, 0.29) is 10.7 Å². The average Bonchev–Trinajstić information content (AvgIpc) is 3.15. The monoisotopic (exact) mass is 435 g/mol. The van der Waals surface area contributed by atoms with Gasteiger partial charge in [-0.15, -0.1) is 0 Å². The molecule has 1 aromatic heterocycles. The summed E-state index contributed by atoms with van der Waals surface area (Å²) in [5.41, 5.74) is 2.13. The van der Waals surface area contributed by atoms with Gasteiger partial charge >= 0.3 is 0 Å². The Balaban J connectivity index is 0.00000132. The summed E-state index contributed by atoms with van der Waals surface area (Å²) in [5.74, 6) is 0.400. The van der Waals surface area contributed by atoms with Gasteiger partial charge in [-0.05, 0) is 49.4 Å². The maximum atomic E-state index is 13.0. The molecule has 0 saturated carbocycles. The number of carbonyl (C=O) groups excluding carboxylic acids is 1. The number of anilines is 1. The van der Waals surface area contributed by atoms with Crippen LogP contribution in [0.25, 0.3) is 11.0 Å². The fraction of sp³-hybridized carbons (Fsp3) is 0.160. The Labute approximate surface area is 183 Å². The lowest BCUT2D eigenvalue weighted by Crippen LogP contribution is -2.26. The molecule has 0 spiro atoms. The van der Waals surface area contributed by atoms with Crippen LogP contribution in [-0.2, 0) is 10.0 Å². The summed E-state index contributed by atoms with van der Waals surface area (Å²) in [5, 5.41) is 0.767. The minimum atomic E-state index is -3.67. The van der Waals surface area contributed by atoms with Gasteiger partial charge in [-0.2, -0.15) is 0 Å². The number of ketones is 1. The molecular weight excluding hydrogens is 410 g/mol. The quantitative estimate of drug-likeness (QED) is 0.370. The highest BCUT2D eigenvalue weighted by Gasteiger charge is 2.22. The number of sulfonamides is 1. The number of hydrogen-bond donors (Lipinski definition) is 0. The second-order valence-electron chi connectivity index (χ2n) is 6.69. The van der Waals surface area contributed by atoms with Crippen LogP contribution in [0.2, 0.25) is 0 Å². The fourth-order valence-electron chi connectivity index (χ4n) is 3.31. The summed E-state index contributed by atoms with van der Waals surface area (Å²) in [6.07, 6.45) is 0. The molecule has 6 heteroatoms. The minimum absolute atomic E-state index is 0.160. The fourth-order valence-corrected chi connectivity index (χ4v) is 4.52. The predicted molar refractivity (Wildman–Crippen MR) is 124 cm³/mol. The van der Waals surface area contributed by atoms with Gasteiger partial charge in [0.15, 0.2) is 5.78 Å². The van der Waals surface area contributed by atoms with Crippen molar-refractivity contribution in [3.05, 3.63) is 95.7 Å². The van der Waals surface area contributed by atoms with Crippen LogP contribution in [0.1, 0.15) is 35.5 Å². The molecule has 0 aliphatic rings. The third-order valence-electron chi connectivity index (χ3n) is 4.89. The molecule has 0 aliphatic heterocycles. The Kier molecular flexibility index (Phi) is 6.61. The molecule has 0 unspecified atom stereocenters. The van der Waals surface area contributed by atoms with Crippen molar-refractivity contribution in [2.45, 2.75) is 25.7 Å². The molecule has 4 aromatic rings. The van der Waals surface area contributed by atoms with E-state index in [1.54, 1.807) is 61.5 Å². The molecule has 1 heterocycles. The van der Waals surface area contributed by atoms with E-state index in [0.717, 1.165) is 5.39 Å². The number of hydrogen-bond acceptors (Lipinski definition) is 4. The Bertz CT molecular complexity index is 1290. The molecule has 0 bridgehead atoms. The Hall–Kier alpha value is -3.38. The van der Waals surface area contributed by atoms with Crippen molar-refractivity contribution in [2.24, 2.45) is 0 Å². The molecule has 4 rings (SSSR count). The van der Waals surface area contributed by atoms with Crippen molar-refractivity contribution < 1.29 is 17.6 Å². The van der Waals surface area contributed by atoms with Crippen molar-refractivity contribution >= 4 is 32.5 Å². The largest absolute Gasteiger partial charge is 0.461 e. The predicted octanol–water partition coefficient (Wildman–Crippen LogP) is 5.82. The van der Waals surface area contributed by atoms with E-state index in [9.17, 15) is 13.2 Å². The number of fused-ring (bicyclic) bond motifs is 1. The zero-order valence-electron chi connectivity index (χ0n) is 18.0. The summed E-state index contributed by atoms with van der Waals surface area (Å²) < 4.78 is 32.4. The van der Waals surface area contributed by atoms with Crippen molar-refractivity contribution in [2.75, 3.05) is 11.4 Å². The van der Waals surface area contributed by atoms with Gasteiger partial charge in [0, 0.05) is 18.0 Å². The lowest BCUT2D eigenvalue weighted by atomic mass is 10.0. The highest BCUT2D eigenvalue weighted by Crippen LogP contribution is 2.28. The smallest absolute Gasteiger partial charge is 0.264 e. The number of rotatable bonds is 5. The van der Waals surface area contributed by atoms with Crippen LogP contribution in [0.15, 0.2) is 88.2 Å². The lowest BCUT2D eigenvalue weighted by Gasteiger charge is -2.19. The molecule has 31 heavy (non-hydrogen) atoms. The first-order chi connectivity index (χ1) is 14.9. The van der Waals surface area contributed by atoms with Crippen LogP contribution in [0.4, 0.5) is 5.69 Å². The van der Waals surface area contributed by atoms with Crippen molar-refractivity contribution in [3.63, 3.8) is 0 Å². The van der Waals surface area contributed by atoms with E-state index in [1.165, 1.54) is 11.4 Å². The minimum Gasteiger partial charge on any atom is -0.461 e. The second-order valence-corrected chi connectivity index (χ2v) is 8.66. The van der Waals surface area contributed by atoms with E-state index in [4.69, 9.17) is 4.42 Å². The van der Waals surface area contributed by atoms with E-state index in [1.807, 2.05) is 38.1 Å². The summed E-state index contributed by atoms with van der Waals surface area (Å²) in [7, 11) is -2.18. The molecule has 3 aromatic carbocycles. The van der Waals surface area contributed by atoms with Crippen molar-refractivity contribution in [3.8, 4) is 0 Å². The van der Waals surface area contributed by atoms with E-state index in [2.05, 4.69) is 0 Å². The van der Waals surface area contributed by atoms with Gasteiger partial charge in [-0.1, -0.05) is 50.2 Å². The number of nitrogens with zero attached hydrogens (tertiary/aromatic N) is 1. The summed E-state index contributed by atoms with van der Waals surface area (Å²) in [6, 6.07) is 22.2. The number of para-hydroxylation sites is 1. The van der Waals surface area contributed by atoms with E-state index < -0.39 is 10.0 Å². The van der Waals surface area contributed by atoms with Crippen LogP contribution in [0.5, 0.6) is 0 Å². The first kappa shape index (κ1) is 22.3. The molecule has 0 atom stereocenters. The SMILES string of the molecule is CC.Cc1oc2ccccc2c1C(=O)c1ccc(N(C)S(=O)(=O)c2ccccc2)cc1. The van der Waals surface area contributed by atoms with Crippen LogP contribution in [0, 0.1) is 6.92 Å². The van der Waals surface area contributed by atoms with Gasteiger partial charge in [0.1, 0.15) is 11.3 Å². The lowest BCUT2D eigenvalue weighted by molar-refractivity contribution is 0.103. The molecule has 0 radical (unpaired) electrons. The molecule has 5 nitrogen and oxygen atoms in total. The Morgan fingerprint density at radius 1 is 0.839 bits per heavy atom. The molecule has 0 amide bonds. The van der Waals surface area contributed by atoms with E-state index >= 15 is 0 Å². The topological polar surface area (TPSA) is 67.6 Å². The molecular formula is C25H25NO4S. The molecule has 0 aliphatic carbocycles. The first-order valence-electron chi connectivity index (χ1n) is 10.1. The van der Waals surface area contributed by atoms with Crippen LogP contribution in [0.3, 0.4) is 0 Å². The molecule has 160 valence electrons. The van der Waals surface area contributed by atoms with Crippen LogP contribution in [-0.4, -0.2) is 21.2 Å². The first-order valence-corrected chi connectivity index (χ1v) is 11.5. The number of benzene rings is 3. The zero-order valence-corrected chi connectivity index (χ0v) is 18.8.